The van der Waals surface area contributed by atoms with Gasteiger partial charge in [-0.1, -0.05) is 59.6 Å². The van der Waals surface area contributed by atoms with Crippen molar-refractivity contribution < 1.29 is 31.2 Å². The van der Waals surface area contributed by atoms with Gasteiger partial charge in [0.2, 0.25) is 11.8 Å². The molecule has 1 atom stereocenters. The highest BCUT2D eigenvalue weighted by Gasteiger charge is 2.37. The van der Waals surface area contributed by atoms with E-state index in [9.17, 15) is 31.2 Å². The van der Waals surface area contributed by atoms with Crippen LogP contribution in [0.1, 0.15) is 25.0 Å². The average Bonchev–Trinajstić information content (AvgIpc) is 2.91. The second-order valence-corrected chi connectivity index (χ2v) is 11.3. The van der Waals surface area contributed by atoms with Gasteiger partial charge in [-0.15, -0.1) is 0 Å². The Morgan fingerprint density at radius 2 is 1.57 bits per heavy atom. The van der Waals surface area contributed by atoms with Gasteiger partial charge in [0.25, 0.3) is 10.0 Å². The summed E-state index contributed by atoms with van der Waals surface area (Å²) in [4.78, 5) is 27.4. The van der Waals surface area contributed by atoms with Crippen LogP contribution in [-0.4, -0.2) is 44.3 Å². The smallest absolute Gasteiger partial charge is 0.355 e. The lowest BCUT2D eigenvalue weighted by atomic mass is 10.1. The van der Waals surface area contributed by atoms with Crippen LogP contribution < -0.4 is 9.62 Å². The van der Waals surface area contributed by atoms with Crippen molar-refractivity contribution >= 4 is 50.7 Å². The minimum atomic E-state index is -4.89. The fourth-order valence-electron chi connectivity index (χ4n) is 3.85. The molecule has 0 bridgehead atoms. The molecular formula is C27H26Cl2F3N3O4S. The van der Waals surface area contributed by atoms with Gasteiger partial charge in [-0.3, -0.25) is 13.9 Å². The van der Waals surface area contributed by atoms with Crippen LogP contribution in [0.3, 0.4) is 0 Å². The van der Waals surface area contributed by atoms with E-state index in [2.05, 4.69) is 5.32 Å². The summed E-state index contributed by atoms with van der Waals surface area (Å²) in [6, 6.07) is 15.0. The number of benzene rings is 3. The lowest BCUT2D eigenvalue weighted by Gasteiger charge is -2.32. The van der Waals surface area contributed by atoms with Crippen molar-refractivity contribution in [3.63, 3.8) is 0 Å². The molecule has 3 aromatic carbocycles. The molecule has 3 aromatic rings. The summed E-state index contributed by atoms with van der Waals surface area (Å²) in [5.41, 5.74) is -1.22. The Kier molecular flexibility index (Phi) is 10.1. The topological polar surface area (TPSA) is 86.8 Å². The number of hydrogen-bond acceptors (Lipinski definition) is 4. The van der Waals surface area contributed by atoms with Gasteiger partial charge in [0.15, 0.2) is 0 Å². The highest BCUT2D eigenvalue weighted by atomic mass is 35.5. The first-order valence-corrected chi connectivity index (χ1v) is 14.2. The number of likely N-dealkylation sites (N-methyl/N-ethyl adjacent to an activating group) is 1. The molecule has 1 unspecified atom stereocenters. The Labute approximate surface area is 240 Å². The Balaban J connectivity index is 2.12. The summed E-state index contributed by atoms with van der Waals surface area (Å²) in [6.07, 6.45) is -4.89. The van der Waals surface area contributed by atoms with E-state index in [-0.39, 0.29) is 18.0 Å². The number of sulfonamides is 1. The summed E-state index contributed by atoms with van der Waals surface area (Å²) < 4.78 is 69.0. The zero-order chi connectivity index (χ0) is 29.7. The lowest BCUT2D eigenvalue weighted by molar-refractivity contribution is -0.139. The summed E-state index contributed by atoms with van der Waals surface area (Å²) in [5.74, 6) is -1.35. The van der Waals surface area contributed by atoms with E-state index >= 15 is 0 Å². The molecule has 13 heteroatoms. The van der Waals surface area contributed by atoms with Gasteiger partial charge < -0.3 is 10.2 Å². The third-order valence-electron chi connectivity index (χ3n) is 5.97. The highest BCUT2D eigenvalue weighted by molar-refractivity contribution is 7.92. The average molecular weight is 616 g/mol. The SMILES string of the molecule is CCNC(=O)C(C)N(Cc1ccccc1Cl)C(=O)CN(c1ccc(Cl)c(C(F)(F)F)c1)S(=O)(=O)c1ccccc1. The molecular weight excluding hydrogens is 590 g/mol. The van der Waals surface area contributed by atoms with Gasteiger partial charge in [0.1, 0.15) is 12.6 Å². The van der Waals surface area contributed by atoms with Crippen LogP contribution in [0.5, 0.6) is 0 Å². The number of nitrogens with zero attached hydrogens (tertiary/aromatic N) is 2. The van der Waals surface area contributed by atoms with Crippen molar-refractivity contribution in [1.82, 2.24) is 10.2 Å². The van der Waals surface area contributed by atoms with Crippen molar-refractivity contribution in [2.45, 2.75) is 37.5 Å². The number of hydrogen-bond donors (Lipinski definition) is 1. The second kappa shape index (κ2) is 12.9. The third-order valence-corrected chi connectivity index (χ3v) is 8.46. The van der Waals surface area contributed by atoms with Crippen LogP contribution in [-0.2, 0) is 32.3 Å². The van der Waals surface area contributed by atoms with Gasteiger partial charge in [-0.25, -0.2) is 8.42 Å². The van der Waals surface area contributed by atoms with Crippen LogP contribution in [0, 0.1) is 0 Å². The normalized spacial score (nSPS) is 12.5. The maximum atomic E-state index is 13.8. The van der Waals surface area contributed by atoms with Crippen molar-refractivity contribution in [2.24, 2.45) is 0 Å². The minimum Gasteiger partial charge on any atom is -0.355 e. The monoisotopic (exact) mass is 615 g/mol. The summed E-state index contributed by atoms with van der Waals surface area (Å²) >= 11 is 12.0. The zero-order valence-electron chi connectivity index (χ0n) is 21.5. The van der Waals surface area contributed by atoms with E-state index < -0.39 is 56.9 Å². The van der Waals surface area contributed by atoms with Crippen LogP contribution in [0.4, 0.5) is 18.9 Å². The van der Waals surface area contributed by atoms with Crippen LogP contribution in [0.15, 0.2) is 77.7 Å². The molecule has 0 aliphatic carbocycles. The van der Waals surface area contributed by atoms with E-state index in [4.69, 9.17) is 23.2 Å². The fourth-order valence-corrected chi connectivity index (χ4v) is 5.70. The van der Waals surface area contributed by atoms with Crippen LogP contribution >= 0.6 is 23.2 Å². The number of halogens is 5. The molecule has 0 fully saturated rings. The molecule has 40 heavy (non-hydrogen) atoms. The summed E-state index contributed by atoms with van der Waals surface area (Å²) in [6.45, 7) is 2.35. The van der Waals surface area contributed by atoms with Gasteiger partial charge >= 0.3 is 6.18 Å². The summed E-state index contributed by atoms with van der Waals surface area (Å²) in [7, 11) is -4.55. The van der Waals surface area contributed by atoms with E-state index in [0.717, 1.165) is 17.0 Å². The Morgan fingerprint density at radius 3 is 2.17 bits per heavy atom. The standard InChI is InChI=1S/C27H26Cl2F3N3O4S/c1-3-33-26(37)18(2)34(16-19-9-7-8-12-23(19)28)25(36)17-35(40(38,39)21-10-5-4-6-11-21)20-13-14-24(29)22(15-20)27(30,31)32/h4-15,18H,3,16-17H2,1-2H3,(H,33,37). The van der Waals surface area contributed by atoms with E-state index in [0.29, 0.717) is 21.0 Å². The van der Waals surface area contributed by atoms with Gasteiger partial charge in [-0.05, 0) is 55.8 Å². The van der Waals surface area contributed by atoms with E-state index in [1.807, 2.05) is 0 Å². The molecule has 0 heterocycles. The number of amides is 2. The number of nitrogens with one attached hydrogen (secondary N) is 1. The molecule has 214 valence electrons. The number of alkyl halides is 3. The second-order valence-electron chi connectivity index (χ2n) is 8.67. The molecule has 7 nitrogen and oxygen atoms in total. The van der Waals surface area contributed by atoms with Gasteiger partial charge in [-0.2, -0.15) is 13.2 Å². The molecule has 0 aliphatic heterocycles. The largest absolute Gasteiger partial charge is 0.417 e. The fraction of sp³-hybridized carbons (Fsp3) is 0.259. The molecule has 2 amide bonds. The predicted molar refractivity (Wildman–Crippen MR) is 148 cm³/mol. The first-order chi connectivity index (χ1) is 18.8. The molecule has 0 spiro atoms. The maximum Gasteiger partial charge on any atom is 0.417 e. The molecule has 0 saturated carbocycles. The highest BCUT2D eigenvalue weighted by Crippen LogP contribution is 2.38. The Morgan fingerprint density at radius 1 is 0.950 bits per heavy atom. The molecule has 0 radical (unpaired) electrons. The predicted octanol–water partition coefficient (Wildman–Crippen LogP) is 5.76. The number of rotatable bonds is 10. The Bertz CT molecular complexity index is 1470. The van der Waals surface area contributed by atoms with E-state index in [1.165, 1.54) is 31.2 Å². The lowest BCUT2D eigenvalue weighted by Crippen LogP contribution is -2.51. The van der Waals surface area contributed by atoms with Crippen LogP contribution in [0.25, 0.3) is 0 Å². The quantitative estimate of drug-likeness (QED) is 0.314. The third kappa shape index (κ3) is 7.26. The summed E-state index contributed by atoms with van der Waals surface area (Å²) in [5, 5.41) is 2.29. The van der Waals surface area contributed by atoms with Crippen molar-refractivity contribution in [1.29, 1.82) is 0 Å². The maximum absolute atomic E-state index is 13.8. The number of carbonyl (C=O) groups excluding carboxylic acids is 2. The molecule has 0 saturated heterocycles. The van der Waals surface area contributed by atoms with Crippen molar-refractivity contribution in [2.75, 3.05) is 17.4 Å². The molecule has 1 N–H and O–H groups in total. The van der Waals surface area contributed by atoms with E-state index in [1.54, 1.807) is 37.3 Å². The number of anilines is 1. The molecule has 3 rings (SSSR count). The molecule has 0 aromatic heterocycles. The Hall–Kier alpha value is -3.28. The van der Waals surface area contributed by atoms with Crippen molar-refractivity contribution in [3.8, 4) is 0 Å². The number of carbonyl (C=O) groups is 2. The first kappa shape index (κ1) is 31.3. The van der Waals surface area contributed by atoms with Crippen molar-refractivity contribution in [3.05, 3.63) is 94.0 Å². The van der Waals surface area contributed by atoms with Gasteiger partial charge in [0, 0.05) is 18.1 Å². The first-order valence-electron chi connectivity index (χ1n) is 12.0. The zero-order valence-corrected chi connectivity index (χ0v) is 23.8. The van der Waals surface area contributed by atoms with Gasteiger partial charge in [0.05, 0.1) is 21.2 Å². The van der Waals surface area contributed by atoms with Crippen LogP contribution in [0.2, 0.25) is 10.0 Å². The minimum absolute atomic E-state index is 0.162. The molecule has 0 aliphatic rings.